The smallest absolute Gasteiger partial charge is 0.191 e. The average Bonchev–Trinajstić information content (AvgIpc) is 3.29. The zero-order valence-corrected chi connectivity index (χ0v) is 18.7. The predicted molar refractivity (Wildman–Crippen MR) is 120 cm³/mol. The number of hydrogen-bond donors (Lipinski definition) is 2. The Hall–Kier alpha value is -1.51. The lowest BCUT2D eigenvalue weighted by molar-refractivity contribution is 0.409. The van der Waals surface area contributed by atoms with E-state index in [1.54, 1.807) is 6.26 Å². The van der Waals surface area contributed by atoms with Crippen molar-refractivity contribution in [3.63, 3.8) is 0 Å². The molecule has 0 radical (unpaired) electrons. The molecule has 6 nitrogen and oxygen atoms in total. The number of rotatable bonds is 7. The zero-order chi connectivity index (χ0) is 18.2. The quantitative estimate of drug-likeness (QED) is 0.356. The number of hydrogen-bond acceptors (Lipinski definition) is 3. The van der Waals surface area contributed by atoms with Crippen LogP contribution < -0.4 is 10.6 Å². The lowest BCUT2D eigenvalue weighted by Gasteiger charge is -2.25. The second-order valence-corrected chi connectivity index (χ2v) is 7.03. The third-order valence-electron chi connectivity index (χ3n) is 4.92. The molecule has 2 aromatic rings. The molecule has 150 valence electrons. The minimum absolute atomic E-state index is 0. The Morgan fingerprint density at radius 3 is 2.85 bits per heavy atom. The second-order valence-electron chi connectivity index (χ2n) is 7.03. The number of aromatic nitrogens is 2. The van der Waals surface area contributed by atoms with Gasteiger partial charge in [-0.3, -0.25) is 4.68 Å². The number of guanidine groups is 1. The van der Waals surface area contributed by atoms with Gasteiger partial charge in [0.2, 0.25) is 0 Å². The molecule has 0 aliphatic heterocycles. The molecule has 0 atom stereocenters. The third-order valence-corrected chi connectivity index (χ3v) is 4.92. The highest BCUT2D eigenvalue weighted by molar-refractivity contribution is 14.0. The van der Waals surface area contributed by atoms with E-state index in [0.717, 1.165) is 36.8 Å². The summed E-state index contributed by atoms with van der Waals surface area (Å²) >= 11 is 0. The van der Waals surface area contributed by atoms with Crippen LogP contribution in [0.1, 0.15) is 56.0 Å². The molecule has 0 bridgehead atoms. The molecule has 2 N–H and O–H groups in total. The SMILES string of the molecule is CCc1nn(C)cc1CN=C(NCCc1ccco1)NC1CCCCC1.I. The van der Waals surface area contributed by atoms with Crippen molar-refractivity contribution in [2.75, 3.05) is 6.54 Å². The largest absolute Gasteiger partial charge is 0.469 e. The minimum atomic E-state index is 0. The van der Waals surface area contributed by atoms with Gasteiger partial charge in [0, 0.05) is 37.8 Å². The van der Waals surface area contributed by atoms with Gasteiger partial charge >= 0.3 is 0 Å². The van der Waals surface area contributed by atoms with Crippen LogP contribution in [0.3, 0.4) is 0 Å². The highest BCUT2D eigenvalue weighted by Gasteiger charge is 2.15. The molecule has 1 fully saturated rings. The van der Waals surface area contributed by atoms with Crippen LogP contribution in [-0.4, -0.2) is 28.3 Å². The van der Waals surface area contributed by atoms with Crippen molar-refractivity contribution < 1.29 is 4.42 Å². The third kappa shape index (κ3) is 6.86. The summed E-state index contributed by atoms with van der Waals surface area (Å²) in [5.41, 5.74) is 2.33. The summed E-state index contributed by atoms with van der Waals surface area (Å²) in [6, 6.07) is 4.47. The number of aliphatic imine (C=N–C) groups is 1. The summed E-state index contributed by atoms with van der Waals surface area (Å²) < 4.78 is 7.29. The van der Waals surface area contributed by atoms with E-state index in [2.05, 4.69) is 28.9 Å². The summed E-state index contributed by atoms with van der Waals surface area (Å²) in [7, 11) is 1.97. The van der Waals surface area contributed by atoms with Crippen molar-refractivity contribution in [1.82, 2.24) is 20.4 Å². The van der Waals surface area contributed by atoms with Gasteiger partial charge in [0.25, 0.3) is 0 Å². The number of furan rings is 1. The Kier molecular flexibility index (Phi) is 9.17. The summed E-state index contributed by atoms with van der Waals surface area (Å²) in [6.45, 7) is 3.60. The van der Waals surface area contributed by atoms with Gasteiger partial charge in [0.05, 0.1) is 18.5 Å². The Morgan fingerprint density at radius 2 is 2.15 bits per heavy atom. The molecule has 7 heteroatoms. The van der Waals surface area contributed by atoms with Crippen molar-refractivity contribution >= 4 is 29.9 Å². The van der Waals surface area contributed by atoms with Gasteiger partial charge in [-0.2, -0.15) is 5.10 Å². The fourth-order valence-electron chi connectivity index (χ4n) is 3.53. The maximum absolute atomic E-state index is 5.42. The number of halogens is 1. The number of nitrogens with zero attached hydrogens (tertiary/aromatic N) is 3. The molecule has 0 spiro atoms. The standard InChI is InChI=1S/C20H31N5O.HI/c1-3-19-16(15-25(2)24-19)14-22-20(23-17-8-5-4-6-9-17)21-12-11-18-10-7-13-26-18;/h7,10,13,15,17H,3-6,8-9,11-12,14H2,1-2H3,(H2,21,22,23);1H. The summed E-state index contributed by atoms with van der Waals surface area (Å²) in [4.78, 5) is 4.84. The molecule has 1 aliphatic rings. The summed E-state index contributed by atoms with van der Waals surface area (Å²) in [5, 5.41) is 11.6. The van der Waals surface area contributed by atoms with E-state index in [4.69, 9.17) is 9.41 Å². The first kappa shape index (κ1) is 21.8. The molecule has 2 heterocycles. The highest BCUT2D eigenvalue weighted by atomic mass is 127. The molecule has 27 heavy (non-hydrogen) atoms. The molecular weight excluding hydrogens is 453 g/mol. The van der Waals surface area contributed by atoms with E-state index in [1.807, 2.05) is 23.9 Å². The van der Waals surface area contributed by atoms with Gasteiger partial charge in [0.1, 0.15) is 5.76 Å². The molecule has 3 rings (SSSR count). The van der Waals surface area contributed by atoms with Crippen molar-refractivity contribution in [3.8, 4) is 0 Å². The van der Waals surface area contributed by atoms with Gasteiger partial charge in [-0.25, -0.2) is 4.99 Å². The van der Waals surface area contributed by atoms with Crippen LogP contribution in [-0.2, 0) is 26.4 Å². The molecule has 1 saturated carbocycles. The van der Waals surface area contributed by atoms with Crippen LogP contribution in [0.5, 0.6) is 0 Å². The average molecular weight is 485 g/mol. The van der Waals surface area contributed by atoms with Crippen LogP contribution in [0, 0.1) is 0 Å². The normalized spacial score (nSPS) is 15.4. The molecule has 0 aromatic carbocycles. The molecule has 1 aliphatic carbocycles. The van der Waals surface area contributed by atoms with Gasteiger partial charge in [0.15, 0.2) is 5.96 Å². The second kappa shape index (κ2) is 11.4. The van der Waals surface area contributed by atoms with Gasteiger partial charge in [-0.05, 0) is 31.4 Å². The summed E-state index contributed by atoms with van der Waals surface area (Å²) in [6.07, 6.45) is 12.0. The first-order valence-corrected chi connectivity index (χ1v) is 9.83. The maximum Gasteiger partial charge on any atom is 0.191 e. The van der Waals surface area contributed by atoms with Gasteiger partial charge in [-0.1, -0.05) is 26.2 Å². The van der Waals surface area contributed by atoms with Crippen LogP contribution in [0.15, 0.2) is 34.0 Å². The van der Waals surface area contributed by atoms with E-state index in [0.29, 0.717) is 12.6 Å². The monoisotopic (exact) mass is 485 g/mol. The number of aryl methyl sites for hydroxylation is 2. The van der Waals surface area contributed by atoms with Crippen LogP contribution in [0.25, 0.3) is 0 Å². The van der Waals surface area contributed by atoms with Crippen molar-refractivity contribution in [3.05, 3.63) is 41.6 Å². The van der Waals surface area contributed by atoms with E-state index in [9.17, 15) is 0 Å². The van der Waals surface area contributed by atoms with E-state index < -0.39 is 0 Å². The predicted octanol–water partition coefficient (Wildman–Crippen LogP) is 3.80. The zero-order valence-electron chi connectivity index (χ0n) is 16.4. The number of nitrogens with one attached hydrogen (secondary N) is 2. The summed E-state index contributed by atoms with van der Waals surface area (Å²) in [5.74, 6) is 1.89. The van der Waals surface area contributed by atoms with Crippen LogP contribution in [0.4, 0.5) is 0 Å². The lowest BCUT2D eigenvalue weighted by Crippen LogP contribution is -2.44. The molecule has 2 aromatic heterocycles. The minimum Gasteiger partial charge on any atom is -0.469 e. The van der Waals surface area contributed by atoms with Gasteiger partial charge < -0.3 is 15.1 Å². The topological polar surface area (TPSA) is 67.4 Å². The van der Waals surface area contributed by atoms with E-state index >= 15 is 0 Å². The van der Waals surface area contributed by atoms with Crippen LogP contribution >= 0.6 is 24.0 Å². The van der Waals surface area contributed by atoms with Gasteiger partial charge in [-0.15, -0.1) is 24.0 Å². The van der Waals surface area contributed by atoms with Crippen LogP contribution in [0.2, 0.25) is 0 Å². The molecule has 0 unspecified atom stereocenters. The van der Waals surface area contributed by atoms with Crippen molar-refractivity contribution in [2.24, 2.45) is 12.0 Å². The first-order chi connectivity index (χ1) is 12.7. The first-order valence-electron chi connectivity index (χ1n) is 9.83. The Balaban J connectivity index is 0.00000261. The maximum atomic E-state index is 5.42. The molecular formula is C20H32IN5O. The van der Waals surface area contributed by atoms with E-state index in [1.165, 1.54) is 37.7 Å². The molecule has 0 saturated heterocycles. The lowest BCUT2D eigenvalue weighted by atomic mass is 9.96. The Bertz CT molecular complexity index is 689. The van der Waals surface area contributed by atoms with Crippen molar-refractivity contribution in [2.45, 2.75) is 64.5 Å². The Morgan fingerprint density at radius 1 is 1.33 bits per heavy atom. The molecule has 0 amide bonds. The Labute approximate surface area is 179 Å². The van der Waals surface area contributed by atoms with Crippen molar-refractivity contribution in [1.29, 1.82) is 0 Å². The van der Waals surface area contributed by atoms with E-state index in [-0.39, 0.29) is 24.0 Å². The fraction of sp³-hybridized carbons (Fsp3) is 0.600. The highest BCUT2D eigenvalue weighted by Crippen LogP contribution is 2.17. The fourth-order valence-corrected chi connectivity index (χ4v) is 3.53.